The highest BCUT2D eigenvalue weighted by atomic mass is 31.2. The molecule has 2 nitrogen and oxygen atoms in total. The molecule has 4 heteroatoms. The van der Waals surface area contributed by atoms with E-state index in [2.05, 4.69) is 31.8 Å². The van der Waals surface area contributed by atoms with Crippen LogP contribution in [0.3, 0.4) is 0 Å². The molecule has 1 aromatic carbocycles. The predicted octanol–water partition coefficient (Wildman–Crippen LogP) is 3.51. The highest BCUT2D eigenvalue weighted by Crippen LogP contribution is 2.40. The van der Waals surface area contributed by atoms with Crippen molar-refractivity contribution in [2.45, 2.75) is 26.6 Å². The molecule has 15 heavy (non-hydrogen) atoms. The van der Waals surface area contributed by atoms with Crippen LogP contribution in [0.2, 0.25) is 19.6 Å². The van der Waals surface area contributed by atoms with Crippen LogP contribution in [0.5, 0.6) is 0 Å². The number of hydrogen-bond donors (Lipinski definition) is 0. The van der Waals surface area contributed by atoms with E-state index in [1.807, 2.05) is 25.1 Å². The largest absolute Gasteiger partial charge is 0.372 e. The van der Waals surface area contributed by atoms with E-state index in [1.54, 1.807) is 0 Å². The van der Waals surface area contributed by atoms with Gasteiger partial charge in [-0.05, 0) is 38.7 Å². The molecule has 1 atom stereocenters. The third-order valence-corrected chi connectivity index (χ3v) is 5.64. The van der Waals surface area contributed by atoms with Gasteiger partial charge >= 0.3 is 0 Å². The van der Waals surface area contributed by atoms with E-state index in [0.29, 0.717) is 6.61 Å². The van der Waals surface area contributed by atoms with Gasteiger partial charge in [0, 0.05) is 5.30 Å². The third-order valence-electron chi connectivity index (χ3n) is 1.57. The van der Waals surface area contributed by atoms with Crippen LogP contribution in [0.15, 0.2) is 30.3 Å². The van der Waals surface area contributed by atoms with Gasteiger partial charge in [0.1, 0.15) is 0 Å². The molecule has 0 saturated heterocycles. The van der Waals surface area contributed by atoms with Crippen molar-refractivity contribution in [2.24, 2.45) is 0 Å². The van der Waals surface area contributed by atoms with Crippen molar-refractivity contribution in [1.29, 1.82) is 0 Å². The number of rotatable bonds is 5. The first-order valence-electron chi connectivity index (χ1n) is 5.20. The Balaban J connectivity index is 2.75. The fraction of sp³-hybridized carbons (Fsp3) is 0.455. The molecule has 1 rings (SSSR count). The fourth-order valence-corrected chi connectivity index (χ4v) is 4.49. The molecule has 0 aromatic heterocycles. The van der Waals surface area contributed by atoms with E-state index in [4.69, 9.17) is 8.74 Å². The van der Waals surface area contributed by atoms with Crippen molar-refractivity contribution in [1.82, 2.24) is 0 Å². The number of benzene rings is 1. The monoisotopic (exact) mass is 242 g/mol. The first-order valence-corrected chi connectivity index (χ1v) is 9.79. The van der Waals surface area contributed by atoms with Gasteiger partial charge in [0.15, 0.2) is 16.7 Å². The van der Waals surface area contributed by atoms with Crippen molar-refractivity contribution in [3.05, 3.63) is 30.3 Å². The first-order chi connectivity index (χ1) is 7.03. The van der Waals surface area contributed by atoms with Crippen LogP contribution in [0.25, 0.3) is 0 Å². The summed E-state index contributed by atoms with van der Waals surface area (Å²) in [7, 11) is -2.42. The molecule has 1 aromatic rings. The van der Waals surface area contributed by atoms with Crippen molar-refractivity contribution in [3.8, 4) is 0 Å². The minimum Gasteiger partial charge on any atom is -0.372 e. The van der Waals surface area contributed by atoms with Crippen LogP contribution in [0.4, 0.5) is 0 Å². The summed E-state index contributed by atoms with van der Waals surface area (Å²) in [5.41, 5.74) is 0. The highest BCUT2D eigenvalue weighted by Gasteiger charge is 2.23. The maximum absolute atomic E-state index is 6.05. The van der Waals surface area contributed by atoms with Gasteiger partial charge in [0.2, 0.25) is 0 Å². The van der Waals surface area contributed by atoms with Crippen molar-refractivity contribution >= 4 is 22.0 Å². The second-order valence-electron chi connectivity index (χ2n) is 4.21. The minimum atomic E-state index is -1.54. The SMILES string of the molecule is CCOP(O[Si](C)(C)C)c1ccccc1. The first kappa shape index (κ1) is 12.9. The lowest BCUT2D eigenvalue weighted by molar-refractivity contribution is 0.340. The lowest BCUT2D eigenvalue weighted by atomic mass is 10.4. The molecule has 0 radical (unpaired) electrons. The second kappa shape index (κ2) is 5.76. The van der Waals surface area contributed by atoms with E-state index >= 15 is 0 Å². The zero-order valence-electron chi connectivity index (χ0n) is 9.86. The van der Waals surface area contributed by atoms with Crippen LogP contribution >= 0.6 is 8.38 Å². The van der Waals surface area contributed by atoms with Gasteiger partial charge in [-0.25, -0.2) is 0 Å². The normalized spacial score (nSPS) is 13.9. The maximum Gasteiger partial charge on any atom is 0.194 e. The van der Waals surface area contributed by atoms with Crippen LogP contribution in [-0.2, 0) is 8.74 Å². The van der Waals surface area contributed by atoms with Crippen LogP contribution in [0, 0.1) is 0 Å². The van der Waals surface area contributed by atoms with Crippen molar-refractivity contribution in [2.75, 3.05) is 6.61 Å². The molecular formula is C11H19O2PSi. The summed E-state index contributed by atoms with van der Waals surface area (Å²) >= 11 is 0. The standard InChI is InChI=1S/C11H19O2PSi/c1-5-12-14(13-15(2,3)4)11-9-7-6-8-10-11/h6-10H,5H2,1-4H3. The summed E-state index contributed by atoms with van der Waals surface area (Å²) in [6.07, 6.45) is 0. The summed E-state index contributed by atoms with van der Waals surface area (Å²) in [6, 6.07) is 10.2. The van der Waals surface area contributed by atoms with E-state index in [0.717, 1.165) is 5.30 Å². The summed E-state index contributed by atoms with van der Waals surface area (Å²) < 4.78 is 11.7. The summed E-state index contributed by atoms with van der Waals surface area (Å²) in [5, 5.41) is 1.16. The molecule has 0 bridgehead atoms. The lowest BCUT2D eigenvalue weighted by Gasteiger charge is -2.25. The van der Waals surface area contributed by atoms with Gasteiger partial charge in [-0.2, -0.15) is 0 Å². The molecule has 0 N–H and O–H groups in total. The molecule has 0 aliphatic carbocycles. The van der Waals surface area contributed by atoms with E-state index in [9.17, 15) is 0 Å². The van der Waals surface area contributed by atoms with Gasteiger partial charge in [-0.1, -0.05) is 18.2 Å². The Morgan fingerprint density at radius 1 is 1.13 bits per heavy atom. The molecule has 0 aliphatic heterocycles. The average molecular weight is 242 g/mol. The van der Waals surface area contributed by atoms with E-state index < -0.39 is 16.7 Å². The Bertz CT molecular complexity index is 284. The molecule has 1 unspecified atom stereocenters. The predicted molar refractivity (Wildman–Crippen MR) is 69.1 cm³/mol. The Morgan fingerprint density at radius 2 is 1.73 bits per heavy atom. The van der Waals surface area contributed by atoms with Crippen molar-refractivity contribution < 1.29 is 8.74 Å². The Labute approximate surface area is 94.7 Å². The highest BCUT2D eigenvalue weighted by molar-refractivity contribution is 7.57. The Kier molecular flexibility index (Phi) is 4.93. The van der Waals surface area contributed by atoms with Gasteiger partial charge in [-0.15, -0.1) is 0 Å². The maximum atomic E-state index is 6.05. The second-order valence-corrected chi connectivity index (χ2v) is 10.5. The van der Waals surface area contributed by atoms with Crippen LogP contribution in [-0.4, -0.2) is 14.9 Å². The molecule has 0 heterocycles. The van der Waals surface area contributed by atoms with E-state index in [1.165, 1.54) is 0 Å². The zero-order chi connectivity index (χ0) is 11.3. The van der Waals surface area contributed by atoms with Crippen LogP contribution < -0.4 is 5.30 Å². The molecule has 0 amide bonds. The third kappa shape index (κ3) is 4.89. The zero-order valence-corrected chi connectivity index (χ0v) is 11.8. The average Bonchev–Trinajstić information content (AvgIpc) is 2.17. The summed E-state index contributed by atoms with van der Waals surface area (Å²) in [4.78, 5) is 0. The van der Waals surface area contributed by atoms with Crippen LogP contribution in [0.1, 0.15) is 6.92 Å². The van der Waals surface area contributed by atoms with Crippen molar-refractivity contribution in [3.63, 3.8) is 0 Å². The fourth-order valence-electron chi connectivity index (χ4n) is 1.07. The Hall–Kier alpha value is -0.213. The smallest absolute Gasteiger partial charge is 0.194 e. The van der Waals surface area contributed by atoms with E-state index in [-0.39, 0.29) is 0 Å². The molecular weight excluding hydrogens is 223 g/mol. The minimum absolute atomic E-state index is 0.699. The van der Waals surface area contributed by atoms with Gasteiger partial charge < -0.3 is 8.74 Å². The number of hydrogen-bond acceptors (Lipinski definition) is 2. The quantitative estimate of drug-likeness (QED) is 0.581. The molecule has 0 aliphatic rings. The van der Waals surface area contributed by atoms with Gasteiger partial charge in [0.25, 0.3) is 0 Å². The van der Waals surface area contributed by atoms with Gasteiger partial charge in [0.05, 0.1) is 6.61 Å². The molecule has 0 fully saturated rings. The topological polar surface area (TPSA) is 18.5 Å². The summed E-state index contributed by atoms with van der Waals surface area (Å²) in [5.74, 6) is 0. The molecule has 0 saturated carbocycles. The Morgan fingerprint density at radius 3 is 2.20 bits per heavy atom. The van der Waals surface area contributed by atoms with Gasteiger partial charge in [-0.3, -0.25) is 0 Å². The molecule has 84 valence electrons. The summed E-state index contributed by atoms with van der Waals surface area (Å²) in [6.45, 7) is 9.26. The molecule has 0 spiro atoms. The lowest BCUT2D eigenvalue weighted by Crippen LogP contribution is -2.25.